The number of nitrogens with one attached hydrogen (secondary N) is 2. The van der Waals surface area contributed by atoms with Gasteiger partial charge in [0.05, 0.1) is 0 Å². The summed E-state index contributed by atoms with van der Waals surface area (Å²) >= 11 is 5.06. The summed E-state index contributed by atoms with van der Waals surface area (Å²) < 4.78 is 0.687. The number of thiazole rings is 1. The molecular formula is C19H15N7O6S4. The maximum Gasteiger partial charge on any atom is 0.352 e. The summed E-state index contributed by atoms with van der Waals surface area (Å²) in [6.45, 7) is -0.209. The van der Waals surface area contributed by atoms with Crippen molar-refractivity contribution >= 4 is 81.2 Å². The van der Waals surface area contributed by atoms with Crippen molar-refractivity contribution in [2.75, 3.05) is 23.4 Å². The van der Waals surface area contributed by atoms with Gasteiger partial charge in [0.1, 0.15) is 28.3 Å². The zero-order valence-corrected chi connectivity index (χ0v) is 21.2. The molecule has 0 aliphatic carbocycles. The molecule has 3 amide bonds. The van der Waals surface area contributed by atoms with Gasteiger partial charge >= 0.3 is 5.97 Å². The Bertz CT molecular complexity index is 1290. The van der Waals surface area contributed by atoms with E-state index in [0.29, 0.717) is 27.8 Å². The summed E-state index contributed by atoms with van der Waals surface area (Å²) in [5, 5.41) is 27.3. The predicted molar refractivity (Wildman–Crippen MR) is 133 cm³/mol. The van der Waals surface area contributed by atoms with E-state index in [4.69, 9.17) is 11.3 Å². The monoisotopic (exact) mass is 565 g/mol. The number of thioether (sulfide) groups is 2. The van der Waals surface area contributed by atoms with Crippen LogP contribution in [0.25, 0.3) is 0 Å². The van der Waals surface area contributed by atoms with Crippen LogP contribution < -0.4 is 10.6 Å². The van der Waals surface area contributed by atoms with Crippen LogP contribution in [0, 0.1) is 12.3 Å². The van der Waals surface area contributed by atoms with E-state index in [9.17, 15) is 24.3 Å². The highest BCUT2D eigenvalue weighted by Gasteiger charge is 2.54. The lowest BCUT2D eigenvalue weighted by Crippen LogP contribution is -2.71. The molecule has 17 heteroatoms. The Balaban J connectivity index is 1.49. The van der Waals surface area contributed by atoms with Gasteiger partial charge in [-0.3, -0.25) is 19.3 Å². The molecule has 1 unspecified atom stereocenters. The van der Waals surface area contributed by atoms with Gasteiger partial charge in [0.2, 0.25) is 6.41 Å². The van der Waals surface area contributed by atoms with Crippen molar-refractivity contribution in [2.24, 2.45) is 5.16 Å². The Kier molecular flexibility index (Phi) is 8.20. The van der Waals surface area contributed by atoms with E-state index < -0.39 is 29.2 Å². The van der Waals surface area contributed by atoms with E-state index in [-0.39, 0.29) is 28.8 Å². The topological polar surface area (TPSA) is 176 Å². The molecule has 13 nitrogen and oxygen atoms in total. The molecule has 0 saturated carbocycles. The second-order valence-electron chi connectivity index (χ2n) is 6.83. The molecule has 0 spiro atoms. The van der Waals surface area contributed by atoms with E-state index >= 15 is 0 Å². The smallest absolute Gasteiger partial charge is 0.352 e. The van der Waals surface area contributed by atoms with Gasteiger partial charge in [-0.2, -0.15) is 0 Å². The summed E-state index contributed by atoms with van der Waals surface area (Å²) in [4.78, 5) is 58.9. The maximum atomic E-state index is 13.0. The first-order valence-electron chi connectivity index (χ1n) is 9.84. The van der Waals surface area contributed by atoms with Gasteiger partial charge in [-0.05, 0) is 5.57 Å². The molecule has 3 N–H and O–H groups in total. The quantitative estimate of drug-likeness (QED) is 0.0656. The molecule has 4 heterocycles. The lowest BCUT2D eigenvalue weighted by molar-refractivity contribution is -0.150. The molecule has 2 atom stereocenters. The maximum absolute atomic E-state index is 13.0. The van der Waals surface area contributed by atoms with E-state index in [0.717, 1.165) is 11.3 Å². The van der Waals surface area contributed by atoms with Crippen molar-refractivity contribution in [3.63, 3.8) is 0 Å². The van der Waals surface area contributed by atoms with E-state index in [1.807, 2.05) is 0 Å². The molecule has 2 aliphatic heterocycles. The fourth-order valence-electron chi connectivity index (χ4n) is 3.22. The molecular weight excluding hydrogens is 551 g/mol. The number of rotatable bonds is 11. The largest absolute Gasteiger partial charge is 0.477 e. The highest BCUT2D eigenvalue weighted by atomic mass is 32.2. The van der Waals surface area contributed by atoms with Gasteiger partial charge in [-0.15, -0.1) is 39.7 Å². The number of anilines is 1. The van der Waals surface area contributed by atoms with E-state index in [1.165, 1.54) is 45.1 Å². The minimum atomic E-state index is -1.23. The third-order valence-corrected chi connectivity index (χ3v) is 8.75. The van der Waals surface area contributed by atoms with Crippen LogP contribution in [0.2, 0.25) is 0 Å². The van der Waals surface area contributed by atoms with Crippen molar-refractivity contribution in [1.82, 2.24) is 25.4 Å². The number of amides is 3. The number of hydrogen-bond donors (Lipinski definition) is 3. The first-order valence-corrected chi connectivity index (χ1v) is 13.6. The molecule has 0 aromatic carbocycles. The van der Waals surface area contributed by atoms with Crippen molar-refractivity contribution < 1.29 is 29.1 Å². The Morgan fingerprint density at radius 1 is 1.44 bits per heavy atom. The normalized spacial score (nSPS) is 19.1. The van der Waals surface area contributed by atoms with Crippen LogP contribution in [0.5, 0.6) is 0 Å². The summed E-state index contributed by atoms with van der Waals surface area (Å²) in [5.74, 6) is 0.337. The van der Waals surface area contributed by atoms with Gasteiger partial charge in [0.15, 0.2) is 21.8 Å². The second-order valence-corrected chi connectivity index (χ2v) is 10.8. The molecule has 1 fully saturated rings. The highest BCUT2D eigenvalue weighted by Crippen LogP contribution is 2.41. The van der Waals surface area contributed by atoms with Crippen LogP contribution in [0.1, 0.15) is 5.69 Å². The van der Waals surface area contributed by atoms with Gasteiger partial charge in [0, 0.05) is 16.9 Å². The number of hydrogen-bond acceptors (Lipinski definition) is 13. The van der Waals surface area contributed by atoms with Gasteiger partial charge in [-0.25, -0.2) is 9.78 Å². The van der Waals surface area contributed by atoms with Gasteiger partial charge in [0.25, 0.3) is 11.8 Å². The van der Waals surface area contributed by atoms with Crippen LogP contribution in [0.15, 0.2) is 31.7 Å². The Hall–Kier alpha value is -3.46. The number of carbonyl (C=O) groups is 4. The van der Waals surface area contributed by atoms with Crippen LogP contribution in [-0.4, -0.2) is 84.6 Å². The number of carboxylic acid groups (broad SMARTS) is 1. The molecule has 0 radical (unpaired) electrons. The average molecular weight is 566 g/mol. The number of aliphatic carboxylic acids is 1. The number of carbonyl (C=O) groups excluding carboxylic acids is 3. The first-order chi connectivity index (χ1) is 17.4. The number of fused-ring (bicyclic) bond motifs is 1. The summed E-state index contributed by atoms with van der Waals surface area (Å²) in [6, 6.07) is -0.988. The fraction of sp³-hybridized carbons (Fsp3) is 0.263. The van der Waals surface area contributed by atoms with Crippen molar-refractivity contribution in [1.29, 1.82) is 0 Å². The third kappa shape index (κ3) is 5.36. The van der Waals surface area contributed by atoms with Crippen LogP contribution >= 0.6 is 46.2 Å². The summed E-state index contributed by atoms with van der Waals surface area (Å²) in [7, 11) is 0. The first kappa shape index (κ1) is 25.6. The van der Waals surface area contributed by atoms with Crippen LogP contribution in [0.4, 0.5) is 5.13 Å². The molecule has 36 heavy (non-hydrogen) atoms. The zero-order valence-electron chi connectivity index (χ0n) is 17.9. The highest BCUT2D eigenvalue weighted by molar-refractivity contribution is 8.01. The lowest BCUT2D eigenvalue weighted by Gasteiger charge is -2.49. The number of aromatic nitrogens is 3. The van der Waals surface area contributed by atoms with E-state index in [2.05, 4.69) is 36.9 Å². The van der Waals surface area contributed by atoms with Crippen molar-refractivity contribution in [3.8, 4) is 12.3 Å². The molecule has 2 aliphatic rings. The Morgan fingerprint density at radius 3 is 2.97 bits per heavy atom. The summed E-state index contributed by atoms with van der Waals surface area (Å²) in [5.41, 5.74) is 1.90. The Morgan fingerprint density at radius 2 is 2.28 bits per heavy atom. The van der Waals surface area contributed by atoms with Crippen molar-refractivity contribution in [2.45, 2.75) is 15.8 Å². The van der Waals surface area contributed by atoms with Crippen LogP contribution in [-0.2, 0) is 24.0 Å². The molecule has 1 saturated heterocycles. The minimum Gasteiger partial charge on any atom is -0.477 e. The van der Waals surface area contributed by atoms with Crippen molar-refractivity contribution in [3.05, 3.63) is 27.9 Å². The number of oxime groups is 1. The van der Waals surface area contributed by atoms with Gasteiger partial charge in [-0.1, -0.05) is 34.2 Å². The predicted octanol–water partition coefficient (Wildman–Crippen LogP) is 0.448. The third-order valence-electron chi connectivity index (χ3n) is 4.69. The van der Waals surface area contributed by atoms with Gasteiger partial charge < -0.3 is 20.6 Å². The number of carboxylic acids is 1. The molecule has 2 aromatic rings. The van der Waals surface area contributed by atoms with E-state index in [1.54, 1.807) is 5.51 Å². The molecule has 2 aromatic heterocycles. The average Bonchev–Trinajstić information content (AvgIpc) is 3.55. The SMILES string of the molecule is C#CCO/N=C(/C(=O)NC1C(=O)N2C(C(=O)O)=C(CSc3nncs3)CS[C@H]12)c1csc(NC=O)n1. The molecule has 4 rings (SSSR count). The number of terminal acetylenes is 1. The molecule has 186 valence electrons. The molecule has 0 bridgehead atoms. The summed E-state index contributed by atoms with van der Waals surface area (Å²) in [6.07, 6.45) is 5.59. The second kappa shape index (κ2) is 11.5. The number of β-lactam (4-membered cyclic amide) rings is 1. The Labute approximate surface area is 219 Å². The minimum absolute atomic E-state index is 0.0958. The zero-order chi connectivity index (χ0) is 25.7. The lowest BCUT2D eigenvalue weighted by atomic mass is 10.0. The standard InChI is InChI=1S/C19H15N7O6S4/c1-2-3-32-25-11(10-6-34-18(22-10)20-7-27)14(28)23-12-15(29)26-13(17(30)31)9(4-33-16(12)26)5-35-19-24-21-8-36-19/h1,6-8,12,16H,3-5H2,(H,23,28)(H,30,31)(H,20,22,27)/b25-11+/t12?,16-/m1/s1. The number of nitrogens with zero attached hydrogens (tertiary/aromatic N) is 5. The fourth-order valence-corrected chi connectivity index (χ4v) is 6.84. The van der Waals surface area contributed by atoms with Crippen LogP contribution in [0.3, 0.4) is 0 Å².